The zero-order valence-corrected chi connectivity index (χ0v) is 8.23. The molecule has 0 amide bonds. The summed E-state index contributed by atoms with van der Waals surface area (Å²) in [6, 6.07) is 1.85. The third-order valence-electron chi connectivity index (χ3n) is 1.78. The van der Waals surface area contributed by atoms with Crippen LogP contribution in [0, 0.1) is 11.3 Å². The maximum Gasteiger partial charge on any atom is 0.310 e. The molecule has 0 radical (unpaired) electrons. The topological polar surface area (TPSA) is 83.2 Å². The van der Waals surface area contributed by atoms with E-state index in [1.165, 1.54) is 12.4 Å². The van der Waals surface area contributed by atoms with Crippen LogP contribution < -0.4 is 0 Å². The van der Waals surface area contributed by atoms with Crippen molar-refractivity contribution >= 4 is 5.97 Å². The van der Waals surface area contributed by atoms with Crippen LogP contribution in [0.4, 0.5) is 0 Å². The molecule has 1 aromatic heterocycles. The minimum Gasteiger partial charge on any atom is -0.506 e. The molecule has 0 aliphatic rings. The molecule has 15 heavy (non-hydrogen) atoms. The van der Waals surface area contributed by atoms with Crippen LogP contribution in [0.5, 0.6) is 5.75 Å². The number of nitrogens with zero attached hydrogens (tertiary/aromatic N) is 2. The standard InChI is InChI=1S/C10H10N2O3/c1-2-15-10(14)3-8-7(4-11)5-12-6-9(8)13/h5-6,13H,2-3H2,1H3. The van der Waals surface area contributed by atoms with Gasteiger partial charge in [-0.05, 0) is 6.92 Å². The summed E-state index contributed by atoms with van der Waals surface area (Å²) in [5, 5.41) is 18.2. The van der Waals surface area contributed by atoms with Gasteiger partial charge in [0.05, 0.1) is 24.8 Å². The fourth-order valence-corrected chi connectivity index (χ4v) is 1.11. The normalized spacial score (nSPS) is 9.33. The number of hydrogen-bond acceptors (Lipinski definition) is 5. The summed E-state index contributed by atoms with van der Waals surface area (Å²) in [5.41, 5.74) is 0.439. The fourth-order valence-electron chi connectivity index (χ4n) is 1.11. The van der Waals surface area contributed by atoms with E-state index in [2.05, 4.69) is 4.98 Å². The first-order valence-electron chi connectivity index (χ1n) is 4.40. The van der Waals surface area contributed by atoms with Crippen LogP contribution in [0.3, 0.4) is 0 Å². The lowest BCUT2D eigenvalue weighted by molar-refractivity contribution is -0.142. The zero-order valence-electron chi connectivity index (χ0n) is 8.23. The molecule has 0 aliphatic heterocycles. The summed E-state index contributed by atoms with van der Waals surface area (Å²) in [7, 11) is 0. The fraction of sp³-hybridized carbons (Fsp3) is 0.300. The lowest BCUT2D eigenvalue weighted by atomic mass is 10.1. The highest BCUT2D eigenvalue weighted by atomic mass is 16.5. The van der Waals surface area contributed by atoms with Crippen molar-refractivity contribution in [3.63, 3.8) is 0 Å². The molecule has 1 aromatic rings. The number of nitriles is 1. The van der Waals surface area contributed by atoms with Crippen LogP contribution >= 0.6 is 0 Å². The maximum absolute atomic E-state index is 11.2. The van der Waals surface area contributed by atoms with Crippen LogP contribution in [0.25, 0.3) is 0 Å². The Hall–Kier alpha value is -2.09. The second-order valence-corrected chi connectivity index (χ2v) is 2.78. The van der Waals surface area contributed by atoms with E-state index < -0.39 is 5.97 Å². The molecule has 0 atom stereocenters. The Bertz CT molecular complexity index is 410. The average molecular weight is 206 g/mol. The summed E-state index contributed by atoms with van der Waals surface area (Å²) in [6.07, 6.45) is 2.37. The van der Waals surface area contributed by atoms with E-state index in [1.807, 2.05) is 6.07 Å². The third kappa shape index (κ3) is 2.68. The van der Waals surface area contributed by atoms with Gasteiger partial charge in [0.25, 0.3) is 0 Å². The molecule has 0 fully saturated rings. The lowest BCUT2D eigenvalue weighted by Crippen LogP contribution is -2.09. The molecule has 0 spiro atoms. The summed E-state index contributed by atoms with van der Waals surface area (Å²) >= 11 is 0. The van der Waals surface area contributed by atoms with Gasteiger partial charge < -0.3 is 9.84 Å². The van der Waals surface area contributed by atoms with E-state index >= 15 is 0 Å². The molecule has 0 bridgehead atoms. The van der Waals surface area contributed by atoms with E-state index in [9.17, 15) is 9.90 Å². The first-order chi connectivity index (χ1) is 7.19. The summed E-state index contributed by atoms with van der Waals surface area (Å²) in [6.45, 7) is 1.96. The summed E-state index contributed by atoms with van der Waals surface area (Å²) in [4.78, 5) is 14.8. The van der Waals surface area contributed by atoms with Gasteiger partial charge in [-0.2, -0.15) is 5.26 Å². The van der Waals surface area contributed by atoms with E-state index in [1.54, 1.807) is 6.92 Å². The Morgan fingerprint density at radius 1 is 1.67 bits per heavy atom. The molecular weight excluding hydrogens is 196 g/mol. The molecule has 5 nitrogen and oxygen atoms in total. The molecule has 78 valence electrons. The van der Waals surface area contributed by atoms with Crippen LogP contribution in [0.15, 0.2) is 12.4 Å². The first-order valence-corrected chi connectivity index (χ1v) is 4.40. The van der Waals surface area contributed by atoms with Gasteiger partial charge in [0, 0.05) is 11.8 Å². The van der Waals surface area contributed by atoms with Crippen molar-refractivity contribution in [2.45, 2.75) is 13.3 Å². The second-order valence-electron chi connectivity index (χ2n) is 2.78. The molecule has 1 rings (SSSR count). The monoisotopic (exact) mass is 206 g/mol. The van der Waals surface area contributed by atoms with Crippen molar-refractivity contribution in [2.75, 3.05) is 6.61 Å². The van der Waals surface area contributed by atoms with Gasteiger partial charge in [0.2, 0.25) is 0 Å². The van der Waals surface area contributed by atoms with Crippen LogP contribution in [-0.2, 0) is 16.0 Å². The van der Waals surface area contributed by atoms with Gasteiger partial charge >= 0.3 is 5.97 Å². The van der Waals surface area contributed by atoms with Crippen molar-refractivity contribution in [3.05, 3.63) is 23.5 Å². The van der Waals surface area contributed by atoms with E-state index in [0.717, 1.165) is 0 Å². The Balaban J connectivity index is 2.94. The number of esters is 1. The smallest absolute Gasteiger partial charge is 0.310 e. The number of carbonyl (C=O) groups excluding carboxylic acids is 1. The van der Waals surface area contributed by atoms with Gasteiger partial charge in [0.1, 0.15) is 11.8 Å². The molecular formula is C10H10N2O3. The van der Waals surface area contributed by atoms with Crippen LogP contribution in [-0.4, -0.2) is 22.7 Å². The minimum atomic E-state index is -0.476. The maximum atomic E-state index is 11.2. The van der Waals surface area contributed by atoms with Crippen LogP contribution in [0.2, 0.25) is 0 Å². The molecule has 0 aromatic carbocycles. The number of pyridine rings is 1. The van der Waals surface area contributed by atoms with Crippen molar-refractivity contribution < 1.29 is 14.6 Å². The minimum absolute atomic E-state index is 0.120. The highest BCUT2D eigenvalue weighted by molar-refractivity contribution is 5.74. The third-order valence-corrected chi connectivity index (χ3v) is 1.78. The summed E-state index contributed by atoms with van der Waals surface area (Å²) in [5.74, 6) is -0.641. The first kappa shape index (κ1) is 11.0. The molecule has 0 saturated heterocycles. The lowest BCUT2D eigenvalue weighted by Gasteiger charge is -2.05. The Morgan fingerprint density at radius 2 is 2.40 bits per heavy atom. The predicted molar refractivity (Wildman–Crippen MR) is 51.0 cm³/mol. The molecule has 0 aliphatic carbocycles. The van der Waals surface area contributed by atoms with Gasteiger partial charge in [-0.25, -0.2) is 0 Å². The Labute approximate surface area is 86.9 Å². The molecule has 1 heterocycles. The number of ether oxygens (including phenoxy) is 1. The zero-order chi connectivity index (χ0) is 11.3. The van der Waals surface area contributed by atoms with E-state index in [0.29, 0.717) is 0 Å². The molecule has 5 heteroatoms. The van der Waals surface area contributed by atoms with Gasteiger partial charge in [-0.3, -0.25) is 9.78 Å². The summed E-state index contributed by atoms with van der Waals surface area (Å²) < 4.78 is 4.72. The average Bonchev–Trinajstić information content (AvgIpc) is 2.21. The van der Waals surface area contributed by atoms with Crippen LogP contribution in [0.1, 0.15) is 18.1 Å². The Morgan fingerprint density at radius 3 is 3.00 bits per heavy atom. The van der Waals surface area contributed by atoms with Crippen molar-refractivity contribution in [2.24, 2.45) is 0 Å². The number of rotatable bonds is 3. The van der Waals surface area contributed by atoms with Gasteiger partial charge in [-0.15, -0.1) is 0 Å². The molecule has 1 N–H and O–H groups in total. The van der Waals surface area contributed by atoms with E-state index in [-0.39, 0.29) is 29.9 Å². The number of aromatic nitrogens is 1. The van der Waals surface area contributed by atoms with Gasteiger partial charge in [-0.1, -0.05) is 0 Å². The van der Waals surface area contributed by atoms with E-state index in [4.69, 9.17) is 10.00 Å². The second kappa shape index (κ2) is 4.96. The van der Waals surface area contributed by atoms with Gasteiger partial charge in [0.15, 0.2) is 0 Å². The van der Waals surface area contributed by atoms with Crippen molar-refractivity contribution in [3.8, 4) is 11.8 Å². The quantitative estimate of drug-likeness (QED) is 0.738. The Kier molecular flexibility index (Phi) is 3.63. The molecule has 0 saturated carbocycles. The highest BCUT2D eigenvalue weighted by Crippen LogP contribution is 2.19. The SMILES string of the molecule is CCOC(=O)Cc1c(O)cncc1C#N. The van der Waals surface area contributed by atoms with Crippen molar-refractivity contribution in [1.82, 2.24) is 4.98 Å². The predicted octanol–water partition coefficient (Wildman–Crippen LogP) is 0.764. The van der Waals surface area contributed by atoms with Crippen molar-refractivity contribution in [1.29, 1.82) is 5.26 Å². The number of aromatic hydroxyl groups is 1. The molecule has 0 unspecified atom stereocenters. The largest absolute Gasteiger partial charge is 0.506 e. The highest BCUT2D eigenvalue weighted by Gasteiger charge is 2.13. The number of carbonyl (C=O) groups is 1. The number of hydrogen-bond donors (Lipinski definition) is 1.